The zero-order chi connectivity index (χ0) is 51.6. The van der Waals surface area contributed by atoms with Crippen molar-refractivity contribution in [3.05, 3.63) is 11.6 Å². The molecule has 3 aliphatic heterocycles. The number of esters is 1. The largest absolute Gasteiger partial charge is 0.479 e. The van der Waals surface area contributed by atoms with Crippen molar-refractivity contribution in [2.45, 2.75) is 224 Å². The topological polar surface area (TPSA) is 321 Å². The molecule has 8 rings (SSSR count). The molecule has 25 atom stereocenters. The molecule has 0 aromatic rings. The number of allylic oxidation sites excluding steroid dienone is 2. The molecular formula is C50H80O20. The molecule has 70 heavy (non-hydrogen) atoms. The van der Waals surface area contributed by atoms with E-state index in [9.17, 15) is 65.8 Å². The maximum Gasteiger partial charge on any atom is 0.335 e. The van der Waals surface area contributed by atoms with Gasteiger partial charge in [-0.05, 0) is 103 Å². The summed E-state index contributed by atoms with van der Waals surface area (Å²) >= 11 is 0. The molecule has 7 fully saturated rings. The Morgan fingerprint density at radius 3 is 1.99 bits per heavy atom. The summed E-state index contributed by atoms with van der Waals surface area (Å²) < 4.78 is 42.0. The first-order chi connectivity index (χ1) is 32.5. The number of carbonyl (C=O) groups excluding carboxylic acids is 1. The van der Waals surface area contributed by atoms with Gasteiger partial charge in [-0.1, -0.05) is 60.1 Å². The van der Waals surface area contributed by atoms with Gasteiger partial charge < -0.3 is 89.3 Å². The van der Waals surface area contributed by atoms with Gasteiger partial charge in [0, 0.05) is 6.92 Å². The van der Waals surface area contributed by atoms with Crippen molar-refractivity contribution >= 4 is 11.9 Å². The Balaban J connectivity index is 1.06. The molecule has 0 aromatic heterocycles. The van der Waals surface area contributed by atoms with Crippen LogP contribution in [0.5, 0.6) is 0 Å². The van der Waals surface area contributed by atoms with Gasteiger partial charge in [0.1, 0.15) is 67.1 Å². The Labute approximate surface area is 409 Å². The molecule has 5 aliphatic carbocycles. The van der Waals surface area contributed by atoms with Crippen LogP contribution in [0.2, 0.25) is 0 Å². The highest BCUT2D eigenvalue weighted by Crippen LogP contribution is 2.76. The molecule has 0 radical (unpaired) electrons. The molecule has 8 aliphatic rings. The van der Waals surface area contributed by atoms with Gasteiger partial charge in [-0.25, -0.2) is 4.79 Å². The number of carboxylic acid groups (broad SMARTS) is 1. The molecule has 3 saturated heterocycles. The van der Waals surface area contributed by atoms with E-state index in [4.69, 9.17) is 33.2 Å². The van der Waals surface area contributed by atoms with Crippen LogP contribution in [0, 0.1) is 50.2 Å². The lowest BCUT2D eigenvalue weighted by atomic mass is 9.33. The summed E-state index contributed by atoms with van der Waals surface area (Å²) in [5, 5.41) is 119. The minimum atomic E-state index is -1.99. The number of aliphatic hydroxyl groups excluding tert-OH is 10. The zero-order valence-electron chi connectivity index (χ0n) is 41.9. The van der Waals surface area contributed by atoms with Crippen LogP contribution >= 0.6 is 0 Å². The highest BCUT2D eigenvalue weighted by Gasteiger charge is 2.72. The smallest absolute Gasteiger partial charge is 0.335 e. The van der Waals surface area contributed by atoms with Gasteiger partial charge in [0.25, 0.3) is 0 Å². The molecule has 20 heteroatoms. The van der Waals surface area contributed by atoms with E-state index in [0.29, 0.717) is 38.5 Å². The number of hydrogen-bond acceptors (Lipinski definition) is 19. The number of aliphatic carboxylic acids is 1. The first-order valence-corrected chi connectivity index (χ1v) is 25.2. The third-order valence-corrected chi connectivity index (χ3v) is 19.6. The van der Waals surface area contributed by atoms with E-state index in [2.05, 4.69) is 54.5 Å². The lowest BCUT2D eigenvalue weighted by molar-refractivity contribution is -0.365. The average Bonchev–Trinajstić information content (AvgIpc) is 3.26. The standard InChI is InChI=1S/C50H80O20/c1-21-31(54)33(56)35(58)42(65-21)64-20-50-24(16-45(3,4)18-30(50)66-22(2)52)23-10-11-27-47(7)14-13-29(46(5,6)26(47)12-15-48(27,8)49(23,9)17-28(50)53)68-44-38(61)39(37(60)40(70-44)41(62)63)69-43-36(59)34(57)32(55)25(19-51)67-43/h10,21,24-40,42-44,51,53-61H,11-20H2,1-9H3,(H,62,63). The lowest BCUT2D eigenvalue weighted by Crippen LogP contribution is -2.70. The predicted molar refractivity (Wildman–Crippen MR) is 241 cm³/mol. The summed E-state index contributed by atoms with van der Waals surface area (Å²) in [4.78, 5) is 25.3. The third-order valence-electron chi connectivity index (χ3n) is 19.6. The minimum absolute atomic E-state index is 0.0410. The van der Waals surface area contributed by atoms with Crippen LogP contribution in [0.25, 0.3) is 0 Å². The fraction of sp³-hybridized carbons (Fsp3) is 0.920. The minimum Gasteiger partial charge on any atom is -0.479 e. The lowest BCUT2D eigenvalue weighted by Gasteiger charge is -2.72. The normalized spacial score (nSPS) is 53.0. The number of aliphatic hydroxyl groups is 10. The van der Waals surface area contributed by atoms with Gasteiger partial charge in [-0.15, -0.1) is 0 Å². The van der Waals surface area contributed by atoms with E-state index < -0.39 is 145 Å². The molecule has 0 aromatic carbocycles. The van der Waals surface area contributed by atoms with Crippen molar-refractivity contribution < 1.29 is 98.9 Å². The Kier molecular flexibility index (Phi) is 14.7. The Morgan fingerprint density at radius 1 is 0.700 bits per heavy atom. The molecular weight excluding hydrogens is 921 g/mol. The van der Waals surface area contributed by atoms with Gasteiger partial charge in [-0.3, -0.25) is 4.79 Å². The average molecular weight is 1000 g/mol. The maximum atomic E-state index is 12.9. The fourth-order valence-corrected chi connectivity index (χ4v) is 15.6. The Bertz CT molecular complexity index is 1960. The molecule has 11 N–H and O–H groups in total. The number of rotatable bonds is 10. The second-order valence-corrected chi connectivity index (χ2v) is 24.4. The van der Waals surface area contributed by atoms with Gasteiger partial charge in [0.2, 0.25) is 0 Å². The summed E-state index contributed by atoms with van der Waals surface area (Å²) in [6, 6.07) is 0. The van der Waals surface area contributed by atoms with E-state index in [1.165, 1.54) is 12.5 Å². The van der Waals surface area contributed by atoms with Crippen LogP contribution in [0.1, 0.15) is 114 Å². The van der Waals surface area contributed by atoms with Crippen LogP contribution in [0.3, 0.4) is 0 Å². The number of ether oxygens (including phenoxy) is 7. The molecule has 20 nitrogen and oxygen atoms in total. The van der Waals surface area contributed by atoms with E-state index in [-0.39, 0.29) is 40.6 Å². The Hall–Kier alpha value is -1.96. The number of hydrogen-bond donors (Lipinski definition) is 11. The molecule has 0 bridgehead atoms. The number of carbonyl (C=O) groups is 2. The van der Waals surface area contributed by atoms with Crippen molar-refractivity contribution in [2.75, 3.05) is 13.2 Å². The van der Waals surface area contributed by atoms with Crippen LogP contribution in [0.15, 0.2) is 11.6 Å². The third kappa shape index (κ3) is 8.52. The Morgan fingerprint density at radius 2 is 1.34 bits per heavy atom. The molecule has 25 unspecified atom stereocenters. The van der Waals surface area contributed by atoms with Crippen LogP contribution in [0.4, 0.5) is 0 Å². The summed E-state index contributed by atoms with van der Waals surface area (Å²) in [5.41, 5.74) is -2.07. The zero-order valence-corrected chi connectivity index (χ0v) is 41.9. The summed E-state index contributed by atoms with van der Waals surface area (Å²) in [7, 11) is 0. The van der Waals surface area contributed by atoms with Crippen LogP contribution in [-0.2, 0) is 42.7 Å². The SMILES string of the molecule is CC(=O)OC1CC(C)(C)CC2C3=CCC4C5(C)CCC(OC6OC(C(=O)O)C(O)C(OC7OC(CO)C(O)C(O)C7O)C6O)C(C)(C)C5CCC4(C)C3(C)CC(O)C12COC1OC(C)C(O)C(O)C1O. The van der Waals surface area contributed by atoms with E-state index in [1.54, 1.807) is 6.92 Å². The predicted octanol–water partition coefficient (Wildman–Crippen LogP) is 0.246. The second kappa shape index (κ2) is 19.0. The highest BCUT2D eigenvalue weighted by atomic mass is 16.7. The van der Waals surface area contributed by atoms with Gasteiger partial charge in [-0.2, -0.15) is 0 Å². The van der Waals surface area contributed by atoms with E-state index in [1.807, 2.05) is 0 Å². The van der Waals surface area contributed by atoms with Crippen LogP contribution in [-0.4, -0.2) is 192 Å². The summed E-state index contributed by atoms with van der Waals surface area (Å²) in [5.74, 6) is -2.23. The maximum absolute atomic E-state index is 12.9. The van der Waals surface area contributed by atoms with Crippen molar-refractivity contribution in [2.24, 2.45) is 50.2 Å². The molecule has 0 spiro atoms. The summed E-state index contributed by atoms with van der Waals surface area (Å²) in [6.07, 6.45) is -19.6. The van der Waals surface area contributed by atoms with Gasteiger partial charge in [0.05, 0.1) is 36.9 Å². The fourth-order valence-electron chi connectivity index (χ4n) is 15.6. The number of fused-ring (bicyclic) bond motifs is 7. The first kappa shape index (κ1) is 54.3. The van der Waals surface area contributed by atoms with Crippen LogP contribution < -0.4 is 0 Å². The summed E-state index contributed by atoms with van der Waals surface area (Å²) in [6.45, 7) is 17.4. The van der Waals surface area contributed by atoms with Gasteiger partial charge in [0.15, 0.2) is 25.0 Å². The van der Waals surface area contributed by atoms with E-state index in [0.717, 1.165) is 12.8 Å². The van der Waals surface area contributed by atoms with Crippen molar-refractivity contribution in [3.63, 3.8) is 0 Å². The van der Waals surface area contributed by atoms with E-state index >= 15 is 0 Å². The first-order valence-electron chi connectivity index (χ1n) is 25.2. The molecule has 4 saturated carbocycles. The molecule has 3 heterocycles. The van der Waals surface area contributed by atoms with Crippen molar-refractivity contribution in [1.82, 2.24) is 0 Å². The second-order valence-electron chi connectivity index (χ2n) is 24.4. The molecule has 400 valence electrons. The number of carboxylic acids is 1. The van der Waals surface area contributed by atoms with Crippen molar-refractivity contribution in [3.8, 4) is 0 Å². The highest BCUT2D eigenvalue weighted by molar-refractivity contribution is 5.73. The molecule has 0 amide bonds. The monoisotopic (exact) mass is 1000 g/mol. The van der Waals surface area contributed by atoms with Gasteiger partial charge >= 0.3 is 11.9 Å². The van der Waals surface area contributed by atoms with Crippen molar-refractivity contribution in [1.29, 1.82) is 0 Å². The quantitative estimate of drug-likeness (QED) is 0.0794.